The van der Waals surface area contributed by atoms with Crippen LogP contribution in [0.5, 0.6) is 5.75 Å². The average Bonchev–Trinajstić information content (AvgIpc) is 3.27. The van der Waals surface area contributed by atoms with Gasteiger partial charge in [-0.15, -0.1) is 11.3 Å². The van der Waals surface area contributed by atoms with Crippen LogP contribution in [0.15, 0.2) is 54.6 Å². The lowest BCUT2D eigenvalue weighted by Gasteiger charge is -2.25. The SMILES string of the molecule is CCS(=O)(=O)CC(=O)c1nc(CN(CCCc2ccccc2)C(=O)[C@H](O)c2ccc(OC)cc2)sc1C. The minimum atomic E-state index is -3.49. The highest BCUT2D eigenvalue weighted by Gasteiger charge is 2.26. The molecule has 3 rings (SSSR count). The number of carbonyl (C=O) groups is 2. The van der Waals surface area contributed by atoms with E-state index in [0.29, 0.717) is 34.2 Å². The van der Waals surface area contributed by atoms with E-state index < -0.39 is 33.4 Å². The number of benzene rings is 2. The zero-order chi connectivity index (χ0) is 27.0. The Morgan fingerprint density at radius 1 is 1.11 bits per heavy atom. The van der Waals surface area contributed by atoms with Gasteiger partial charge in [0, 0.05) is 17.2 Å². The van der Waals surface area contributed by atoms with Crippen LogP contribution in [0.25, 0.3) is 0 Å². The molecule has 198 valence electrons. The fourth-order valence-corrected chi connectivity index (χ4v) is 5.51. The molecular weight excluding hydrogens is 512 g/mol. The molecule has 2 aromatic carbocycles. The molecule has 0 aliphatic carbocycles. The van der Waals surface area contributed by atoms with E-state index in [-0.39, 0.29) is 18.0 Å². The van der Waals surface area contributed by atoms with Crippen LogP contribution in [-0.2, 0) is 27.6 Å². The highest BCUT2D eigenvalue weighted by atomic mass is 32.2. The van der Waals surface area contributed by atoms with Crippen molar-refractivity contribution in [3.8, 4) is 5.75 Å². The standard InChI is InChI=1S/C27H32N2O6S2/c1-4-37(33,34)18-23(30)25-19(2)36-24(28-25)17-29(16-8-11-20-9-6-5-7-10-20)27(32)26(31)21-12-14-22(35-3)15-13-21/h5-7,9-10,12-15,26,31H,4,8,11,16-18H2,1-3H3/t26-/m1/s1. The van der Waals surface area contributed by atoms with E-state index in [2.05, 4.69) is 4.98 Å². The van der Waals surface area contributed by atoms with Crippen LogP contribution >= 0.6 is 11.3 Å². The van der Waals surface area contributed by atoms with Crippen molar-refractivity contribution in [3.05, 3.63) is 81.3 Å². The van der Waals surface area contributed by atoms with Gasteiger partial charge in [0.15, 0.2) is 21.7 Å². The smallest absolute Gasteiger partial charge is 0.256 e. The summed E-state index contributed by atoms with van der Waals surface area (Å²) in [5.74, 6) is -1.14. The summed E-state index contributed by atoms with van der Waals surface area (Å²) in [6.45, 7) is 3.67. The highest BCUT2D eigenvalue weighted by Crippen LogP contribution is 2.24. The molecule has 0 saturated carbocycles. The molecule has 0 bridgehead atoms. The molecule has 1 aromatic heterocycles. The van der Waals surface area contributed by atoms with Crippen molar-refractivity contribution in [1.29, 1.82) is 0 Å². The van der Waals surface area contributed by atoms with Gasteiger partial charge >= 0.3 is 0 Å². The van der Waals surface area contributed by atoms with Gasteiger partial charge in [-0.05, 0) is 43.0 Å². The van der Waals surface area contributed by atoms with Gasteiger partial charge in [0.05, 0.1) is 13.7 Å². The zero-order valence-electron chi connectivity index (χ0n) is 21.2. The molecule has 3 aromatic rings. The Labute approximate surface area is 221 Å². The second kappa shape index (κ2) is 12.9. The number of ketones is 1. The lowest BCUT2D eigenvalue weighted by molar-refractivity contribution is -0.141. The van der Waals surface area contributed by atoms with E-state index in [4.69, 9.17) is 4.74 Å². The van der Waals surface area contributed by atoms with Gasteiger partial charge in [0.25, 0.3) is 5.91 Å². The first kappa shape index (κ1) is 28.5. The summed E-state index contributed by atoms with van der Waals surface area (Å²) in [4.78, 5) is 32.5. The van der Waals surface area contributed by atoms with Gasteiger partial charge in [0.1, 0.15) is 22.2 Å². The molecule has 0 spiro atoms. The van der Waals surface area contributed by atoms with Crippen LogP contribution in [0.1, 0.15) is 50.9 Å². The number of aromatic nitrogens is 1. The van der Waals surface area contributed by atoms with Crippen LogP contribution in [0.3, 0.4) is 0 Å². The van der Waals surface area contributed by atoms with Gasteiger partial charge in [-0.2, -0.15) is 0 Å². The second-order valence-electron chi connectivity index (χ2n) is 8.64. The van der Waals surface area contributed by atoms with Crippen LogP contribution < -0.4 is 4.74 Å². The predicted molar refractivity (Wildman–Crippen MR) is 144 cm³/mol. The predicted octanol–water partition coefficient (Wildman–Crippen LogP) is 3.77. The summed E-state index contributed by atoms with van der Waals surface area (Å²) in [6.07, 6.45) is 0.0360. The van der Waals surface area contributed by atoms with Crippen LogP contribution in [0, 0.1) is 6.92 Å². The Hall–Kier alpha value is -3.08. The molecule has 0 fully saturated rings. The number of rotatable bonds is 13. The lowest BCUT2D eigenvalue weighted by atomic mass is 10.1. The molecule has 0 aliphatic rings. The van der Waals surface area contributed by atoms with Crippen LogP contribution in [-0.4, -0.2) is 60.3 Å². The molecule has 1 N–H and O–H groups in total. The number of carbonyl (C=O) groups excluding carboxylic acids is 2. The number of sulfone groups is 1. The van der Waals surface area contributed by atoms with Gasteiger partial charge in [-0.3, -0.25) is 9.59 Å². The summed E-state index contributed by atoms with van der Waals surface area (Å²) in [7, 11) is -1.95. The molecule has 1 atom stereocenters. The maximum Gasteiger partial charge on any atom is 0.256 e. The van der Waals surface area contributed by atoms with Crippen molar-refractivity contribution in [2.45, 2.75) is 39.3 Å². The Morgan fingerprint density at radius 2 is 1.78 bits per heavy atom. The van der Waals surface area contributed by atoms with E-state index in [9.17, 15) is 23.1 Å². The Balaban J connectivity index is 1.79. The van der Waals surface area contributed by atoms with Gasteiger partial charge in [-0.25, -0.2) is 13.4 Å². The first-order valence-electron chi connectivity index (χ1n) is 12.0. The minimum absolute atomic E-state index is 0.0974. The fraction of sp³-hybridized carbons (Fsp3) is 0.370. The van der Waals surface area contributed by atoms with E-state index in [1.165, 1.54) is 30.3 Å². The van der Waals surface area contributed by atoms with Crippen LogP contribution in [0.2, 0.25) is 0 Å². The molecule has 0 aliphatic heterocycles. The lowest BCUT2D eigenvalue weighted by Crippen LogP contribution is -2.35. The molecule has 0 unspecified atom stereocenters. The van der Waals surface area contributed by atoms with Gasteiger partial charge < -0.3 is 14.7 Å². The number of Topliss-reactive ketones (excluding diaryl/α,β-unsaturated/α-hetero) is 1. The monoisotopic (exact) mass is 544 g/mol. The number of thiazole rings is 1. The number of aliphatic hydroxyl groups excluding tert-OH is 1. The number of hydrogen-bond acceptors (Lipinski definition) is 8. The van der Waals surface area contributed by atoms with Crippen molar-refractivity contribution in [2.24, 2.45) is 0 Å². The number of methoxy groups -OCH3 is 1. The van der Waals surface area contributed by atoms with Crippen LogP contribution in [0.4, 0.5) is 0 Å². The number of ether oxygens (including phenoxy) is 1. The Morgan fingerprint density at radius 3 is 2.41 bits per heavy atom. The summed E-state index contributed by atoms with van der Waals surface area (Å²) < 4.78 is 29.0. The van der Waals surface area contributed by atoms with Crippen molar-refractivity contribution in [2.75, 3.05) is 25.2 Å². The molecule has 10 heteroatoms. The third kappa shape index (κ3) is 7.95. The van der Waals surface area contributed by atoms with E-state index in [1.807, 2.05) is 30.3 Å². The first-order chi connectivity index (χ1) is 17.6. The maximum atomic E-state index is 13.4. The first-order valence-corrected chi connectivity index (χ1v) is 14.6. The number of nitrogens with zero attached hydrogens (tertiary/aromatic N) is 2. The summed E-state index contributed by atoms with van der Waals surface area (Å²) >= 11 is 1.25. The van der Waals surface area contributed by atoms with Crippen molar-refractivity contribution in [1.82, 2.24) is 9.88 Å². The van der Waals surface area contributed by atoms with Crippen molar-refractivity contribution < 1.29 is 27.9 Å². The summed E-state index contributed by atoms with van der Waals surface area (Å²) in [5, 5.41) is 11.4. The maximum absolute atomic E-state index is 13.4. The normalized spacial score (nSPS) is 12.2. The third-order valence-electron chi connectivity index (χ3n) is 5.94. The number of hydrogen-bond donors (Lipinski definition) is 1. The largest absolute Gasteiger partial charge is 0.497 e. The molecule has 1 heterocycles. The van der Waals surface area contributed by atoms with Gasteiger partial charge in [0.2, 0.25) is 0 Å². The summed E-state index contributed by atoms with van der Waals surface area (Å²) in [5.41, 5.74) is 1.69. The quantitative estimate of drug-likeness (QED) is 0.326. The molecule has 0 saturated heterocycles. The topological polar surface area (TPSA) is 114 Å². The number of aliphatic hydroxyl groups is 1. The second-order valence-corrected chi connectivity index (χ2v) is 12.3. The summed E-state index contributed by atoms with van der Waals surface area (Å²) in [6, 6.07) is 16.5. The molecule has 37 heavy (non-hydrogen) atoms. The van der Waals surface area contributed by atoms with E-state index >= 15 is 0 Å². The molecule has 8 nitrogen and oxygen atoms in total. The Bertz CT molecular complexity index is 1300. The Kier molecular flexibility index (Phi) is 9.96. The van der Waals surface area contributed by atoms with E-state index in [1.54, 1.807) is 31.2 Å². The molecule has 1 amide bonds. The zero-order valence-corrected chi connectivity index (χ0v) is 22.8. The van der Waals surface area contributed by atoms with Gasteiger partial charge in [-0.1, -0.05) is 49.4 Å². The third-order valence-corrected chi connectivity index (χ3v) is 8.47. The molecular formula is C27H32N2O6S2. The average molecular weight is 545 g/mol. The number of aryl methyl sites for hydroxylation is 2. The highest BCUT2D eigenvalue weighted by molar-refractivity contribution is 7.92. The van der Waals surface area contributed by atoms with Crippen molar-refractivity contribution >= 4 is 32.9 Å². The number of amides is 1. The van der Waals surface area contributed by atoms with Crippen molar-refractivity contribution in [3.63, 3.8) is 0 Å². The molecule has 0 radical (unpaired) electrons. The van der Waals surface area contributed by atoms with E-state index in [0.717, 1.165) is 12.0 Å². The fourth-order valence-electron chi connectivity index (χ4n) is 3.80. The minimum Gasteiger partial charge on any atom is -0.497 e.